The maximum Gasteiger partial charge on any atom is 0.323 e. The Morgan fingerprint density at radius 1 is 0.970 bits per heavy atom. The number of carbonyl (C=O) groups excluding carboxylic acids is 1. The minimum atomic E-state index is -1.51. The molecule has 11 heteroatoms. The van der Waals surface area contributed by atoms with Gasteiger partial charge in [0.05, 0.1) is 30.9 Å². The third kappa shape index (κ3) is 4.30. The molecule has 1 N–H and O–H groups in total. The highest BCUT2D eigenvalue weighted by molar-refractivity contribution is 5.91. The Hall–Kier alpha value is -3.76. The van der Waals surface area contributed by atoms with Crippen LogP contribution in [0, 0.1) is 24.4 Å². The fraction of sp³-hybridized carbons (Fsp3) is 0.318. The number of amides is 2. The van der Waals surface area contributed by atoms with E-state index in [1.165, 1.54) is 26.0 Å². The zero-order valence-corrected chi connectivity index (χ0v) is 18.3. The SMILES string of the molecule is COc1ccc2nc(OC)c(NC(=O)N3CCN(c4c(C)cc(F)c(F)c4F)CC3)nc2c1. The third-order valence-electron chi connectivity index (χ3n) is 5.47. The number of piperazine rings is 1. The van der Waals surface area contributed by atoms with Crippen LogP contribution in [0.1, 0.15) is 5.56 Å². The molecule has 0 atom stereocenters. The highest BCUT2D eigenvalue weighted by Crippen LogP contribution is 2.29. The van der Waals surface area contributed by atoms with E-state index in [4.69, 9.17) is 9.47 Å². The molecule has 0 saturated carbocycles. The van der Waals surface area contributed by atoms with Crippen molar-refractivity contribution in [1.29, 1.82) is 0 Å². The summed E-state index contributed by atoms with van der Waals surface area (Å²) in [5.74, 6) is -3.07. The molecule has 1 aliphatic rings. The minimum Gasteiger partial charge on any atom is -0.497 e. The molecule has 174 valence electrons. The van der Waals surface area contributed by atoms with Crippen molar-refractivity contribution in [3.05, 3.63) is 47.3 Å². The number of ether oxygens (including phenoxy) is 2. The summed E-state index contributed by atoms with van der Waals surface area (Å²) in [5.41, 5.74) is 1.38. The van der Waals surface area contributed by atoms with Crippen LogP contribution in [0.4, 0.5) is 29.5 Å². The number of fused-ring (bicyclic) bond motifs is 1. The van der Waals surface area contributed by atoms with Gasteiger partial charge in [0, 0.05) is 32.2 Å². The summed E-state index contributed by atoms with van der Waals surface area (Å²) >= 11 is 0. The summed E-state index contributed by atoms with van der Waals surface area (Å²) in [7, 11) is 2.96. The van der Waals surface area contributed by atoms with Gasteiger partial charge in [0.15, 0.2) is 23.3 Å². The van der Waals surface area contributed by atoms with E-state index in [2.05, 4.69) is 15.3 Å². The number of aryl methyl sites for hydroxylation is 1. The van der Waals surface area contributed by atoms with E-state index in [-0.39, 0.29) is 49.1 Å². The van der Waals surface area contributed by atoms with Gasteiger partial charge < -0.3 is 19.3 Å². The number of urea groups is 1. The number of hydrogen-bond donors (Lipinski definition) is 1. The second-order valence-corrected chi connectivity index (χ2v) is 7.49. The number of benzene rings is 2. The molecule has 0 spiro atoms. The van der Waals surface area contributed by atoms with Crippen molar-refractivity contribution >= 4 is 28.6 Å². The van der Waals surface area contributed by atoms with Crippen LogP contribution in [0.3, 0.4) is 0 Å². The van der Waals surface area contributed by atoms with E-state index in [1.807, 2.05) is 0 Å². The molecule has 4 rings (SSSR count). The number of nitrogens with zero attached hydrogens (tertiary/aromatic N) is 4. The van der Waals surface area contributed by atoms with Crippen LogP contribution in [0.25, 0.3) is 11.0 Å². The molecule has 2 amide bonds. The van der Waals surface area contributed by atoms with Crippen LogP contribution < -0.4 is 19.7 Å². The van der Waals surface area contributed by atoms with Crippen LogP contribution in [-0.4, -0.2) is 61.3 Å². The number of carbonyl (C=O) groups is 1. The van der Waals surface area contributed by atoms with Gasteiger partial charge in [0.2, 0.25) is 0 Å². The number of hydrogen-bond acceptors (Lipinski definition) is 6. The van der Waals surface area contributed by atoms with Crippen molar-refractivity contribution in [2.24, 2.45) is 0 Å². The van der Waals surface area contributed by atoms with E-state index in [9.17, 15) is 18.0 Å². The Morgan fingerprint density at radius 2 is 1.70 bits per heavy atom. The molecule has 0 unspecified atom stereocenters. The molecule has 33 heavy (non-hydrogen) atoms. The number of methoxy groups -OCH3 is 2. The van der Waals surface area contributed by atoms with Crippen LogP contribution in [0.2, 0.25) is 0 Å². The highest BCUT2D eigenvalue weighted by atomic mass is 19.2. The number of anilines is 2. The van der Waals surface area contributed by atoms with Crippen molar-refractivity contribution in [3.63, 3.8) is 0 Å². The Morgan fingerprint density at radius 3 is 2.36 bits per heavy atom. The zero-order chi connectivity index (χ0) is 23.7. The van der Waals surface area contributed by atoms with Crippen LogP contribution in [0.5, 0.6) is 11.6 Å². The molecule has 1 aromatic heterocycles. The fourth-order valence-corrected chi connectivity index (χ4v) is 3.77. The molecule has 1 aliphatic heterocycles. The molecule has 2 aromatic carbocycles. The number of rotatable bonds is 4. The number of aromatic nitrogens is 2. The first kappa shape index (κ1) is 22.4. The van der Waals surface area contributed by atoms with E-state index in [0.717, 1.165) is 6.07 Å². The summed E-state index contributed by atoms with van der Waals surface area (Å²) in [6, 6.07) is 5.69. The summed E-state index contributed by atoms with van der Waals surface area (Å²) in [4.78, 5) is 24.7. The van der Waals surface area contributed by atoms with Gasteiger partial charge >= 0.3 is 6.03 Å². The summed E-state index contributed by atoms with van der Waals surface area (Å²) in [5, 5.41) is 2.70. The minimum absolute atomic E-state index is 0.00460. The molecule has 1 saturated heterocycles. The molecule has 0 bridgehead atoms. The molecule has 3 aromatic rings. The summed E-state index contributed by atoms with van der Waals surface area (Å²) in [6.07, 6.45) is 0. The van der Waals surface area contributed by atoms with Crippen LogP contribution in [-0.2, 0) is 0 Å². The Labute approximate surface area is 187 Å². The molecule has 8 nitrogen and oxygen atoms in total. The average Bonchev–Trinajstić information content (AvgIpc) is 2.82. The lowest BCUT2D eigenvalue weighted by atomic mass is 10.1. The second-order valence-electron chi connectivity index (χ2n) is 7.49. The van der Waals surface area contributed by atoms with Crippen molar-refractivity contribution in [1.82, 2.24) is 14.9 Å². The van der Waals surface area contributed by atoms with Crippen molar-refractivity contribution in [3.8, 4) is 11.6 Å². The predicted octanol–water partition coefficient (Wildman–Crippen LogP) is 3.73. The first-order valence-electron chi connectivity index (χ1n) is 10.2. The molecule has 0 radical (unpaired) electrons. The maximum absolute atomic E-state index is 14.3. The third-order valence-corrected chi connectivity index (χ3v) is 5.47. The van der Waals surface area contributed by atoms with E-state index in [0.29, 0.717) is 16.8 Å². The van der Waals surface area contributed by atoms with Gasteiger partial charge in [0.1, 0.15) is 5.75 Å². The van der Waals surface area contributed by atoms with Gasteiger partial charge in [-0.2, -0.15) is 0 Å². The first-order valence-corrected chi connectivity index (χ1v) is 10.2. The maximum atomic E-state index is 14.3. The zero-order valence-electron chi connectivity index (χ0n) is 18.3. The molecule has 0 aliphatic carbocycles. The summed E-state index contributed by atoms with van der Waals surface area (Å²) in [6.45, 7) is 2.48. The Balaban J connectivity index is 1.49. The first-order chi connectivity index (χ1) is 15.8. The van der Waals surface area contributed by atoms with Crippen molar-refractivity contribution < 1.29 is 27.4 Å². The largest absolute Gasteiger partial charge is 0.497 e. The number of nitrogens with one attached hydrogen (secondary N) is 1. The Kier molecular flexibility index (Phi) is 6.12. The lowest BCUT2D eigenvalue weighted by molar-refractivity contribution is 0.207. The quantitative estimate of drug-likeness (QED) is 0.597. The molecular weight excluding hydrogens is 439 g/mol. The topological polar surface area (TPSA) is 79.8 Å². The average molecular weight is 461 g/mol. The van der Waals surface area contributed by atoms with Gasteiger partial charge in [-0.25, -0.2) is 27.9 Å². The van der Waals surface area contributed by atoms with E-state index < -0.39 is 23.5 Å². The van der Waals surface area contributed by atoms with E-state index >= 15 is 0 Å². The van der Waals surface area contributed by atoms with Gasteiger partial charge in [0.25, 0.3) is 5.88 Å². The lowest BCUT2D eigenvalue weighted by Gasteiger charge is -2.36. The highest BCUT2D eigenvalue weighted by Gasteiger charge is 2.27. The van der Waals surface area contributed by atoms with Crippen molar-refractivity contribution in [2.75, 3.05) is 50.6 Å². The summed E-state index contributed by atoms with van der Waals surface area (Å²) < 4.78 is 52.0. The lowest BCUT2D eigenvalue weighted by Crippen LogP contribution is -2.50. The van der Waals surface area contributed by atoms with Gasteiger partial charge in [-0.05, 0) is 30.7 Å². The van der Waals surface area contributed by atoms with Crippen LogP contribution in [0.15, 0.2) is 24.3 Å². The molecule has 2 heterocycles. The standard InChI is InChI=1S/C22H22F3N5O3/c1-12-10-14(23)17(24)18(25)19(12)29-6-8-30(9-7-29)22(31)28-20-21(33-3)27-15-5-4-13(32-2)11-16(15)26-20/h4-5,10-11H,6-9H2,1-3H3,(H,26,28,31). The smallest absolute Gasteiger partial charge is 0.323 e. The fourth-order valence-electron chi connectivity index (χ4n) is 3.77. The van der Waals surface area contributed by atoms with Gasteiger partial charge in [-0.3, -0.25) is 5.32 Å². The molecular formula is C22H22F3N5O3. The van der Waals surface area contributed by atoms with Gasteiger partial charge in [-0.1, -0.05) is 0 Å². The number of halogens is 3. The molecule has 1 fully saturated rings. The van der Waals surface area contributed by atoms with Crippen LogP contribution >= 0.6 is 0 Å². The van der Waals surface area contributed by atoms with Crippen molar-refractivity contribution in [2.45, 2.75) is 6.92 Å². The van der Waals surface area contributed by atoms with E-state index in [1.54, 1.807) is 23.1 Å². The normalized spacial score (nSPS) is 13.9. The monoisotopic (exact) mass is 461 g/mol. The second kappa shape index (κ2) is 9.00. The predicted molar refractivity (Wildman–Crippen MR) is 116 cm³/mol. The Bertz CT molecular complexity index is 1220. The van der Waals surface area contributed by atoms with Gasteiger partial charge in [-0.15, -0.1) is 0 Å².